The Morgan fingerprint density at radius 1 is 1.05 bits per heavy atom. The molecule has 0 spiro atoms. The summed E-state index contributed by atoms with van der Waals surface area (Å²) in [5, 5.41) is 6.85. The van der Waals surface area contributed by atoms with Crippen molar-refractivity contribution in [3.05, 3.63) is 11.4 Å². The van der Waals surface area contributed by atoms with Gasteiger partial charge in [0.1, 0.15) is 17.5 Å². The lowest BCUT2D eigenvalue weighted by Crippen LogP contribution is -2.36. The molecule has 0 aliphatic heterocycles. The number of nitrogens with zero attached hydrogens (tertiary/aromatic N) is 2. The van der Waals surface area contributed by atoms with Crippen LogP contribution in [0, 0.1) is 12.3 Å². The van der Waals surface area contributed by atoms with Gasteiger partial charge >= 0.3 is 0 Å². The Morgan fingerprint density at radius 3 is 2.10 bits per heavy atom. The van der Waals surface area contributed by atoms with Gasteiger partial charge in [0, 0.05) is 24.1 Å². The van der Waals surface area contributed by atoms with Gasteiger partial charge in [0.05, 0.1) is 0 Å². The first-order chi connectivity index (χ1) is 9.61. The van der Waals surface area contributed by atoms with E-state index in [0.29, 0.717) is 5.92 Å². The van der Waals surface area contributed by atoms with E-state index in [2.05, 4.69) is 57.2 Å². The van der Waals surface area contributed by atoms with Crippen LogP contribution in [0.5, 0.6) is 0 Å². The SMILES string of the molecule is CNc1nc(C2CC2)nc(NC(C)(C)CC(C)(C)C)c1C. The van der Waals surface area contributed by atoms with E-state index in [-0.39, 0.29) is 11.0 Å². The van der Waals surface area contributed by atoms with E-state index in [9.17, 15) is 0 Å². The number of hydrogen-bond donors (Lipinski definition) is 2. The molecule has 0 bridgehead atoms. The van der Waals surface area contributed by atoms with Crippen LogP contribution in [0.1, 0.15) is 71.2 Å². The Hall–Kier alpha value is -1.32. The summed E-state index contributed by atoms with van der Waals surface area (Å²) in [6.45, 7) is 13.4. The molecule has 1 saturated carbocycles. The van der Waals surface area contributed by atoms with Crippen LogP contribution >= 0.6 is 0 Å². The first kappa shape index (κ1) is 16.1. The molecular weight excluding hydrogens is 260 g/mol. The molecule has 0 unspecified atom stereocenters. The highest BCUT2D eigenvalue weighted by Crippen LogP contribution is 2.40. The lowest BCUT2D eigenvalue weighted by molar-refractivity contribution is 0.302. The van der Waals surface area contributed by atoms with Crippen molar-refractivity contribution < 1.29 is 0 Å². The fourth-order valence-electron chi connectivity index (χ4n) is 3.11. The molecule has 0 radical (unpaired) electrons. The van der Waals surface area contributed by atoms with Crippen LogP contribution in [0.25, 0.3) is 0 Å². The molecule has 0 aromatic carbocycles. The minimum absolute atomic E-state index is 0.00317. The summed E-state index contributed by atoms with van der Waals surface area (Å²) in [6, 6.07) is 0. The third-order valence-corrected chi connectivity index (χ3v) is 3.77. The van der Waals surface area contributed by atoms with Crippen molar-refractivity contribution >= 4 is 11.6 Å². The molecule has 2 rings (SSSR count). The largest absolute Gasteiger partial charge is 0.373 e. The van der Waals surface area contributed by atoms with Crippen molar-refractivity contribution in [3.63, 3.8) is 0 Å². The van der Waals surface area contributed by atoms with Crippen LogP contribution in [0.2, 0.25) is 0 Å². The molecule has 2 N–H and O–H groups in total. The normalized spacial score (nSPS) is 16.0. The standard InChI is InChI=1S/C17H30N4/c1-11-13(18-7)19-15(12-8-9-12)20-14(11)21-17(5,6)10-16(2,3)4/h12H,8-10H2,1-7H3,(H2,18,19,20,21). The molecule has 1 fully saturated rings. The van der Waals surface area contributed by atoms with Gasteiger partial charge in [0.25, 0.3) is 0 Å². The molecule has 0 atom stereocenters. The van der Waals surface area contributed by atoms with Gasteiger partial charge in [-0.2, -0.15) is 0 Å². The lowest BCUT2D eigenvalue weighted by Gasteiger charge is -2.34. The quantitative estimate of drug-likeness (QED) is 0.847. The Bertz CT molecular complexity index is 510. The van der Waals surface area contributed by atoms with E-state index >= 15 is 0 Å². The second-order valence-electron chi connectivity index (χ2n) is 8.17. The van der Waals surface area contributed by atoms with Crippen molar-refractivity contribution in [2.75, 3.05) is 17.7 Å². The zero-order valence-corrected chi connectivity index (χ0v) is 14.6. The second-order valence-corrected chi connectivity index (χ2v) is 8.17. The molecule has 1 aromatic heterocycles. The molecule has 0 saturated heterocycles. The van der Waals surface area contributed by atoms with Crippen molar-refractivity contribution in [1.29, 1.82) is 0 Å². The summed E-state index contributed by atoms with van der Waals surface area (Å²) in [7, 11) is 1.93. The highest BCUT2D eigenvalue weighted by atomic mass is 15.1. The molecule has 1 aromatic rings. The van der Waals surface area contributed by atoms with Crippen molar-refractivity contribution in [3.8, 4) is 0 Å². The topological polar surface area (TPSA) is 49.8 Å². The molecule has 118 valence electrons. The molecule has 21 heavy (non-hydrogen) atoms. The van der Waals surface area contributed by atoms with Gasteiger partial charge in [-0.15, -0.1) is 0 Å². The van der Waals surface area contributed by atoms with Crippen molar-refractivity contribution in [1.82, 2.24) is 9.97 Å². The van der Waals surface area contributed by atoms with E-state index < -0.39 is 0 Å². The van der Waals surface area contributed by atoms with Crippen LogP contribution in [0.4, 0.5) is 11.6 Å². The molecule has 4 nitrogen and oxygen atoms in total. The van der Waals surface area contributed by atoms with Gasteiger partial charge in [-0.3, -0.25) is 0 Å². The maximum atomic E-state index is 4.80. The average Bonchev–Trinajstić information content (AvgIpc) is 3.12. The maximum Gasteiger partial charge on any atom is 0.136 e. The highest BCUT2D eigenvalue weighted by molar-refractivity contribution is 5.58. The van der Waals surface area contributed by atoms with Crippen LogP contribution < -0.4 is 10.6 Å². The Morgan fingerprint density at radius 2 is 1.62 bits per heavy atom. The van der Waals surface area contributed by atoms with Gasteiger partial charge in [-0.1, -0.05) is 20.8 Å². The minimum atomic E-state index is 0.00317. The summed E-state index contributed by atoms with van der Waals surface area (Å²) >= 11 is 0. The summed E-state index contributed by atoms with van der Waals surface area (Å²) in [5.74, 6) is 3.47. The van der Waals surface area contributed by atoms with Crippen molar-refractivity contribution in [2.45, 2.75) is 72.3 Å². The molecular formula is C17H30N4. The number of nitrogens with one attached hydrogen (secondary N) is 2. The Labute approximate surface area is 129 Å². The zero-order chi connectivity index (χ0) is 15.8. The summed E-state index contributed by atoms with van der Waals surface area (Å²) in [6.07, 6.45) is 3.52. The fraction of sp³-hybridized carbons (Fsp3) is 0.765. The maximum absolute atomic E-state index is 4.80. The number of aromatic nitrogens is 2. The van der Waals surface area contributed by atoms with Gasteiger partial charge < -0.3 is 10.6 Å². The third-order valence-electron chi connectivity index (χ3n) is 3.77. The third kappa shape index (κ3) is 4.32. The minimum Gasteiger partial charge on any atom is -0.373 e. The van der Waals surface area contributed by atoms with Crippen molar-refractivity contribution in [2.24, 2.45) is 5.41 Å². The van der Waals surface area contributed by atoms with E-state index in [0.717, 1.165) is 29.4 Å². The first-order valence-electron chi connectivity index (χ1n) is 7.96. The summed E-state index contributed by atoms with van der Waals surface area (Å²) in [5.41, 5.74) is 1.38. The zero-order valence-electron chi connectivity index (χ0n) is 14.6. The average molecular weight is 290 g/mol. The number of hydrogen-bond acceptors (Lipinski definition) is 4. The van der Waals surface area contributed by atoms with E-state index in [1.807, 2.05) is 7.05 Å². The lowest BCUT2D eigenvalue weighted by atomic mass is 9.82. The Balaban J connectivity index is 2.27. The number of rotatable bonds is 5. The van der Waals surface area contributed by atoms with Crippen LogP contribution in [-0.2, 0) is 0 Å². The van der Waals surface area contributed by atoms with Gasteiger partial charge in [-0.05, 0) is 45.4 Å². The van der Waals surface area contributed by atoms with Crippen LogP contribution in [-0.4, -0.2) is 22.6 Å². The van der Waals surface area contributed by atoms with Crippen LogP contribution in [0.3, 0.4) is 0 Å². The van der Waals surface area contributed by atoms with Gasteiger partial charge in [0.15, 0.2) is 0 Å². The predicted octanol–water partition coefficient (Wildman–Crippen LogP) is 4.33. The molecule has 1 heterocycles. The monoisotopic (exact) mass is 290 g/mol. The molecule has 1 aliphatic carbocycles. The predicted molar refractivity (Wildman–Crippen MR) is 90.1 cm³/mol. The van der Waals surface area contributed by atoms with E-state index in [1.54, 1.807) is 0 Å². The smallest absolute Gasteiger partial charge is 0.136 e. The fourth-order valence-corrected chi connectivity index (χ4v) is 3.11. The van der Waals surface area contributed by atoms with E-state index in [1.165, 1.54) is 12.8 Å². The molecule has 1 aliphatic rings. The molecule has 0 amide bonds. The highest BCUT2D eigenvalue weighted by Gasteiger charge is 2.30. The summed E-state index contributed by atoms with van der Waals surface area (Å²) in [4.78, 5) is 9.45. The number of anilines is 2. The molecule has 4 heteroatoms. The second kappa shape index (κ2) is 5.47. The Kier molecular flexibility index (Phi) is 4.18. The first-order valence-corrected chi connectivity index (χ1v) is 7.96. The van der Waals surface area contributed by atoms with Gasteiger partial charge in [0.2, 0.25) is 0 Å². The van der Waals surface area contributed by atoms with E-state index in [4.69, 9.17) is 4.98 Å². The van der Waals surface area contributed by atoms with Gasteiger partial charge in [-0.25, -0.2) is 9.97 Å². The van der Waals surface area contributed by atoms with Crippen LogP contribution in [0.15, 0.2) is 0 Å². The summed E-state index contributed by atoms with van der Waals surface area (Å²) < 4.78 is 0.